The average molecular weight is 290 g/mol. The maximum absolute atomic E-state index is 12.0. The van der Waals surface area contributed by atoms with Gasteiger partial charge in [0.25, 0.3) is 0 Å². The Hall–Kier alpha value is -0.470. The molecule has 0 aromatic carbocycles. The lowest BCUT2D eigenvalue weighted by atomic mass is 10.2. The predicted octanol–water partition coefficient (Wildman–Crippen LogP) is 2.92. The summed E-state index contributed by atoms with van der Waals surface area (Å²) in [5.41, 5.74) is -5.35. The highest BCUT2D eigenvalue weighted by molar-refractivity contribution is 7.95. The summed E-state index contributed by atoms with van der Waals surface area (Å²) in [6.45, 7) is 4.96. The van der Waals surface area contributed by atoms with Gasteiger partial charge in [-0.3, -0.25) is 4.18 Å². The van der Waals surface area contributed by atoms with Gasteiger partial charge in [0.05, 0.1) is 0 Å². The van der Waals surface area contributed by atoms with Crippen LogP contribution in [0.4, 0.5) is 13.2 Å². The lowest BCUT2D eigenvalue weighted by Crippen LogP contribution is -2.33. The van der Waals surface area contributed by atoms with Crippen LogP contribution in [0.2, 0.25) is 0 Å². The number of methoxy groups -OCH3 is 1. The highest BCUT2D eigenvalue weighted by Gasteiger charge is 2.35. The molecule has 0 saturated carbocycles. The molecule has 0 radical (unpaired) electrons. The first-order valence-corrected chi connectivity index (χ1v) is 5.92. The van der Waals surface area contributed by atoms with Crippen LogP contribution in [0.15, 0.2) is 0 Å². The van der Waals surface area contributed by atoms with Crippen molar-refractivity contribution in [3.8, 4) is 0 Å². The quantitative estimate of drug-likeness (QED) is 0.556. The van der Waals surface area contributed by atoms with Crippen molar-refractivity contribution >= 4 is 18.0 Å². The second-order valence-corrected chi connectivity index (χ2v) is 5.25. The lowest BCUT2D eigenvalue weighted by molar-refractivity contribution is -0.164. The van der Waals surface area contributed by atoms with Crippen LogP contribution in [0.25, 0.3) is 0 Å². The molecule has 0 aromatic rings. The number of alkyl halides is 3. The Kier molecular flexibility index (Phi) is 7.01. The fraction of sp³-hybridized carbons (Fsp3) is 0.900. The van der Waals surface area contributed by atoms with Crippen LogP contribution in [0.5, 0.6) is 0 Å². The normalized spacial score (nSPS) is 14.4. The van der Waals surface area contributed by atoms with Crippen LogP contribution in [0.1, 0.15) is 27.2 Å². The van der Waals surface area contributed by atoms with Crippen LogP contribution in [0, 0.1) is 0 Å². The molecule has 0 fully saturated rings. The Morgan fingerprint density at radius 1 is 1.28 bits per heavy atom. The van der Waals surface area contributed by atoms with Gasteiger partial charge < -0.3 is 9.47 Å². The van der Waals surface area contributed by atoms with E-state index in [4.69, 9.17) is 9.47 Å². The van der Waals surface area contributed by atoms with E-state index >= 15 is 0 Å². The van der Waals surface area contributed by atoms with E-state index in [1.807, 2.05) is 0 Å². The molecule has 0 aliphatic rings. The first-order valence-electron chi connectivity index (χ1n) is 5.18. The van der Waals surface area contributed by atoms with Crippen molar-refractivity contribution in [2.45, 2.75) is 44.4 Å². The highest BCUT2D eigenvalue weighted by Crippen LogP contribution is 2.32. The largest absolute Gasteiger partial charge is 0.468 e. The number of ether oxygens (including phenoxy) is 2. The molecule has 0 heterocycles. The number of hydrogen-bond donors (Lipinski definition) is 0. The summed E-state index contributed by atoms with van der Waals surface area (Å²) >= 11 is -0.710. The average Bonchev–Trinajstić information content (AvgIpc) is 2.13. The summed E-state index contributed by atoms with van der Waals surface area (Å²) in [6, 6.07) is 0. The molecule has 0 aromatic heterocycles. The van der Waals surface area contributed by atoms with Gasteiger partial charge in [0.1, 0.15) is 17.6 Å². The van der Waals surface area contributed by atoms with Crippen LogP contribution < -0.4 is 0 Å². The molecular weight excluding hydrogens is 273 g/mol. The monoisotopic (exact) mass is 290 g/mol. The number of rotatable bonds is 6. The topological polar surface area (TPSA) is 44.8 Å². The van der Waals surface area contributed by atoms with Crippen LogP contribution in [0.3, 0.4) is 0 Å². The molecule has 0 aliphatic heterocycles. The van der Waals surface area contributed by atoms with Gasteiger partial charge in [-0.1, -0.05) is 0 Å². The molecule has 0 amide bonds. The van der Waals surface area contributed by atoms with E-state index in [1.165, 1.54) is 7.11 Å². The molecular formula is C10H17F3O4S. The van der Waals surface area contributed by atoms with E-state index in [0.717, 1.165) is 0 Å². The van der Waals surface area contributed by atoms with Crippen LogP contribution in [-0.2, 0) is 18.5 Å². The maximum Gasteiger partial charge on any atom is 0.468 e. The summed E-state index contributed by atoms with van der Waals surface area (Å²) in [6.07, 6.45) is -1.31. The maximum atomic E-state index is 12.0. The minimum atomic E-state index is -4.56. The van der Waals surface area contributed by atoms with Gasteiger partial charge >= 0.3 is 11.5 Å². The molecule has 1 atom stereocenters. The Balaban J connectivity index is 4.42. The SMILES string of the molecule is COCCC(OSC(F)(F)F)C(=O)OC(C)(C)C. The number of halogens is 3. The van der Waals surface area contributed by atoms with Crippen LogP contribution in [-0.4, -0.2) is 36.9 Å². The van der Waals surface area contributed by atoms with Crippen molar-refractivity contribution in [2.24, 2.45) is 0 Å². The van der Waals surface area contributed by atoms with Gasteiger partial charge in [-0.25, -0.2) is 4.79 Å². The molecule has 0 rings (SSSR count). The molecule has 0 saturated heterocycles. The second kappa shape index (κ2) is 7.20. The number of carbonyl (C=O) groups is 1. The summed E-state index contributed by atoms with van der Waals surface area (Å²) in [5, 5.41) is 0. The van der Waals surface area contributed by atoms with Crippen molar-refractivity contribution in [2.75, 3.05) is 13.7 Å². The third kappa shape index (κ3) is 9.55. The molecule has 0 N–H and O–H groups in total. The highest BCUT2D eigenvalue weighted by atomic mass is 32.2. The number of hydrogen-bond acceptors (Lipinski definition) is 5. The molecule has 8 heteroatoms. The van der Waals surface area contributed by atoms with Crippen molar-refractivity contribution in [3.63, 3.8) is 0 Å². The Labute approximate surface area is 108 Å². The molecule has 0 spiro atoms. The fourth-order valence-electron chi connectivity index (χ4n) is 0.910. The molecule has 1 unspecified atom stereocenters. The van der Waals surface area contributed by atoms with Gasteiger partial charge in [-0.2, -0.15) is 13.2 Å². The second-order valence-electron chi connectivity index (χ2n) is 4.43. The fourth-order valence-corrected chi connectivity index (χ4v) is 1.31. The van der Waals surface area contributed by atoms with E-state index in [0.29, 0.717) is 0 Å². The van der Waals surface area contributed by atoms with E-state index < -0.39 is 35.2 Å². The third-order valence-corrected chi connectivity index (χ3v) is 2.03. The van der Waals surface area contributed by atoms with E-state index in [9.17, 15) is 18.0 Å². The zero-order valence-electron chi connectivity index (χ0n) is 10.7. The van der Waals surface area contributed by atoms with Gasteiger partial charge in [0.2, 0.25) is 0 Å². The van der Waals surface area contributed by atoms with E-state index in [2.05, 4.69) is 4.18 Å². The summed E-state index contributed by atoms with van der Waals surface area (Å²) < 4.78 is 50.1. The minimum absolute atomic E-state index is 0.00546. The van der Waals surface area contributed by atoms with Crippen molar-refractivity contribution in [1.82, 2.24) is 0 Å². The Morgan fingerprint density at radius 2 is 1.83 bits per heavy atom. The van der Waals surface area contributed by atoms with Crippen LogP contribution >= 0.6 is 12.0 Å². The standard InChI is InChI=1S/C10H17F3O4S/c1-9(2,3)16-8(14)7(5-6-15-4)17-18-10(11,12)13/h7H,5-6H2,1-4H3. The first-order chi connectivity index (χ1) is 8.05. The molecule has 0 aliphatic carbocycles. The first kappa shape index (κ1) is 17.5. The van der Waals surface area contributed by atoms with E-state index in [-0.39, 0.29) is 13.0 Å². The minimum Gasteiger partial charge on any atom is -0.458 e. The smallest absolute Gasteiger partial charge is 0.458 e. The van der Waals surface area contributed by atoms with Crippen molar-refractivity contribution in [3.05, 3.63) is 0 Å². The molecule has 108 valence electrons. The molecule has 18 heavy (non-hydrogen) atoms. The summed E-state index contributed by atoms with van der Waals surface area (Å²) in [7, 11) is 1.38. The summed E-state index contributed by atoms with van der Waals surface area (Å²) in [4.78, 5) is 11.6. The van der Waals surface area contributed by atoms with Gasteiger partial charge in [-0.15, -0.1) is 0 Å². The lowest BCUT2D eigenvalue weighted by Gasteiger charge is -2.23. The Morgan fingerprint density at radius 3 is 2.22 bits per heavy atom. The van der Waals surface area contributed by atoms with Crippen molar-refractivity contribution < 1.29 is 31.6 Å². The number of esters is 1. The van der Waals surface area contributed by atoms with Crippen molar-refractivity contribution in [1.29, 1.82) is 0 Å². The predicted molar refractivity (Wildman–Crippen MR) is 60.9 cm³/mol. The van der Waals surface area contributed by atoms with Gasteiger partial charge in [0.15, 0.2) is 6.10 Å². The Bertz CT molecular complexity index is 263. The zero-order valence-corrected chi connectivity index (χ0v) is 11.5. The van der Waals surface area contributed by atoms with E-state index in [1.54, 1.807) is 20.8 Å². The molecule has 0 bridgehead atoms. The van der Waals surface area contributed by atoms with Gasteiger partial charge in [-0.05, 0) is 20.8 Å². The summed E-state index contributed by atoms with van der Waals surface area (Å²) in [5.74, 6) is -0.837. The number of carbonyl (C=O) groups excluding carboxylic acids is 1. The third-order valence-electron chi connectivity index (χ3n) is 1.51. The van der Waals surface area contributed by atoms with Gasteiger partial charge in [0, 0.05) is 20.1 Å². The molecule has 4 nitrogen and oxygen atoms in total. The zero-order chi connectivity index (χ0) is 14.4.